The number of hydrogen-bond donors (Lipinski definition) is 3. The van der Waals surface area contributed by atoms with Gasteiger partial charge in [0.15, 0.2) is 0 Å². The Morgan fingerprint density at radius 3 is 2.83 bits per heavy atom. The number of hydrogen-bond acceptors (Lipinski definition) is 4. The van der Waals surface area contributed by atoms with Crippen LogP contribution in [0.4, 0.5) is 4.79 Å². The number of thiazole rings is 1. The average Bonchev–Trinajstić information content (AvgIpc) is 2.73. The molecule has 0 aliphatic heterocycles. The highest BCUT2D eigenvalue weighted by atomic mass is 32.1. The predicted molar refractivity (Wildman–Crippen MR) is 72.6 cm³/mol. The maximum atomic E-state index is 11.4. The van der Waals surface area contributed by atoms with E-state index in [9.17, 15) is 4.79 Å². The molecule has 0 aliphatic rings. The first-order valence-electron chi connectivity index (χ1n) is 6.10. The van der Waals surface area contributed by atoms with E-state index in [4.69, 9.17) is 5.11 Å². The SMILES string of the molecule is CC(C)Cc1ncc(CNC(=O)N[C@@H](C)CO)s1. The fraction of sp³-hybridized carbons (Fsp3) is 0.667. The second-order valence-corrected chi connectivity index (χ2v) is 5.93. The smallest absolute Gasteiger partial charge is 0.315 e. The lowest BCUT2D eigenvalue weighted by molar-refractivity contribution is 0.220. The molecule has 0 spiro atoms. The van der Waals surface area contributed by atoms with Crippen molar-refractivity contribution in [3.8, 4) is 0 Å². The van der Waals surface area contributed by atoms with Gasteiger partial charge < -0.3 is 15.7 Å². The van der Waals surface area contributed by atoms with Crippen molar-refractivity contribution in [1.29, 1.82) is 0 Å². The van der Waals surface area contributed by atoms with Gasteiger partial charge >= 0.3 is 6.03 Å². The van der Waals surface area contributed by atoms with Crippen LogP contribution in [0.2, 0.25) is 0 Å². The lowest BCUT2D eigenvalue weighted by Gasteiger charge is -2.11. The van der Waals surface area contributed by atoms with E-state index >= 15 is 0 Å². The molecule has 2 amide bonds. The van der Waals surface area contributed by atoms with Crippen molar-refractivity contribution in [2.24, 2.45) is 5.92 Å². The molecular formula is C12H21N3O2S. The summed E-state index contributed by atoms with van der Waals surface area (Å²) in [5.74, 6) is 0.589. The van der Waals surface area contributed by atoms with Gasteiger partial charge in [-0.2, -0.15) is 0 Å². The van der Waals surface area contributed by atoms with Gasteiger partial charge in [-0.25, -0.2) is 9.78 Å². The monoisotopic (exact) mass is 271 g/mol. The third-order valence-electron chi connectivity index (χ3n) is 2.26. The molecule has 0 saturated carbocycles. The molecule has 1 rings (SSSR count). The van der Waals surface area contributed by atoms with Crippen LogP contribution in [0.15, 0.2) is 6.20 Å². The third-order valence-corrected chi connectivity index (χ3v) is 3.28. The number of rotatable bonds is 6. The van der Waals surface area contributed by atoms with Crippen molar-refractivity contribution in [2.45, 2.75) is 39.8 Å². The minimum atomic E-state index is -0.268. The molecule has 1 aromatic rings. The van der Waals surface area contributed by atoms with Crippen molar-refractivity contribution >= 4 is 17.4 Å². The molecule has 18 heavy (non-hydrogen) atoms. The minimum absolute atomic E-state index is 0.0630. The zero-order valence-electron chi connectivity index (χ0n) is 11.1. The lowest BCUT2D eigenvalue weighted by atomic mass is 10.1. The second kappa shape index (κ2) is 7.33. The molecular weight excluding hydrogens is 250 g/mol. The van der Waals surface area contributed by atoms with Crippen LogP contribution in [-0.2, 0) is 13.0 Å². The van der Waals surface area contributed by atoms with E-state index in [1.165, 1.54) is 0 Å². The summed E-state index contributed by atoms with van der Waals surface area (Å²) in [7, 11) is 0. The van der Waals surface area contributed by atoms with Crippen LogP contribution in [0.3, 0.4) is 0 Å². The van der Waals surface area contributed by atoms with Crippen molar-refractivity contribution < 1.29 is 9.90 Å². The van der Waals surface area contributed by atoms with Crippen molar-refractivity contribution in [3.05, 3.63) is 16.1 Å². The summed E-state index contributed by atoms with van der Waals surface area (Å²) in [6.45, 7) is 6.46. The number of carbonyl (C=O) groups excluding carboxylic acids is 1. The highest BCUT2D eigenvalue weighted by molar-refractivity contribution is 7.11. The Morgan fingerprint density at radius 1 is 1.50 bits per heavy atom. The van der Waals surface area contributed by atoms with E-state index in [2.05, 4.69) is 29.5 Å². The Labute approximate surface area is 112 Å². The van der Waals surface area contributed by atoms with Crippen molar-refractivity contribution in [2.75, 3.05) is 6.61 Å². The van der Waals surface area contributed by atoms with Crippen LogP contribution in [0, 0.1) is 5.92 Å². The van der Waals surface area contributed by atoms with Gasteiger partial charge in [-0.3, -0.25) is 0 Å². The molecule has 0 fully saturated rings. The molecule has 5 nitrogen and oxygen atoms in total. The summed E-state index contributed by atoms with van der Waals surface area (Å²) in [6, 6.07) is -0.502. The molecule has 0 unspecified atom stereocenters. The molecule has 3 N–H and O–H groups in total. The zero-order valence-corrected chi connectivity index (χ0v) is 11.9. The van der Waals surface area contributed by atoms with E-state index in [0.717, 1.165) is 16.3 Å². The van der Waals surface area contributed by atoms with Gasteiger partial charge in [0.1, 0.15) is 0 Å². The Bertz CT molecular complexity index is 379. The number of urea groups is 1. The van der Waals surface area contributed by atoms with E-state index in [-0.39, 0.29) is 18.7 Å². The van der Waals surface area contributed by atoms with Crippen LogP contribution >= 0.6 is 11.3 Å². The van der Waals surface area contributed by atoms with Gasteiger partial charge in [-0.1, -0.05) is 13.8 Å². The number of amides is 2. The van der Waals surface area contributed by atoms with Crippen LogP contribution < -0.4 is 10.6 Å². The van der Waals surface area contributed by atoms with Crippen LogP contribution in [0.5, 0.6) is 0 Å². The summed E-state index contributed by atoms with van der Waals surface area (Å²) < 4.78 is 0. The summed E-state index contributed by atoms with van der Waals surface area (Å²) >= 11 is 1.62. The minimum Gasteiger partial charge on any atom is -0.394 e. The standard InChI is InChI=1S/C12H21N3O2S/c1-8(2)4-11-13-5-10(18-11)6-14-12(17)15-9(3)7-16/h5,8-9,16H,4,6-7H2,1-3H3,(H2,14,15,17)/t9-/m0/s1. The van der Waals surface area contributed by atoms with E-state index in [1.807, 2.05) is 0 Å². The quantitative estimate of drug-likeness (QED) is 0.734. The lowest BCUT2D eigenvalue weighted by Crippen LogP contribution is -2.41. The molecule has 0 aliphatic carbocycles. The zero-order chi connectivity index (χ0) is 13.5. The van der Waals surface area contributed by atoms with Gasteiger partial charge in [0.2, 0.25) is 0 Å². The van der Waals surface area contributed by atoms with Gasteiger partial charge in [0.05, 0.1) is 24.2 Å². The molecule has 0 saturated heterocycles. The number of nitrogens with one attached hydrogen (secondary N) is 2. The molecule has 1 heterocycles. The first-order valence-corrected chi connectivity index (χ1v) is 6.91. The number of aliphatic hydroxyl groups excluding tert-OH is 1. The number of aromatic nitrogens is 1. The molecule has 1 atom stereocenters. The van der Waals surface area contributed by atoms with Gasteiger partial charge in [0, 0.05) is 17.5 Å². The van der Waals surface area contributed by atoms with Crippen LogP contribution in [0.25, 0.3) is 0 Å². The molecule has 0 radical (unpaired) electrons. The first-order chi connectivity index (χ1) is 8.51. The highest BCUT2D eigenvalue weighted by Crippen LogP contribution is 2.16. The second-order valence-electron chi connectivity index (χ2n) is 4.73. The average molecular weight is 271 g/mol. The highest BCUT2D eigenvalue weighted by Gasteiger charge is 2.07. The van der Waals surface area contributed by atoms with Crippen LogP contribution in [-0.4, -0.2) is 28.8 Å². The largest absolute Gasteiger partial charge is 0.394 e. The Hall–Kier alpha value is -1.14. The molecule has 0 aromatic carbocycles. The maximum Gasteiger partial charge on any atom is 0.315 e. The summed E-state index contributed by atoms with van der Waals surface area (Å²) in [5, 5.41) is 15.3. The first kappa shape index (κ1) is 14.9. The van der Waals surface area contributed by atoms with E-state index in [1.54, 1.807) is 24.5 Å². The molecule has 102 valence electrons. The molecule has 0 bridgehead atoms. The van der Waals surface area contributed by atoms with Gasteiger partial charge in [-0.05, 0) is 12.8 Å². The number of nitrogens with zero attached hydrogens (tertiary/aromatic N) is 1. The molecule has 6 heteroatoms. The normalized spacial score (nSPS) is 12.5. The molecule has 1 aromatic heterocycles. The summed E-state index contributed by atoms with van der Waals surface area (Å²) in [5.41, 5.74) is 0. The summed E-state index contributed by atoms with van der Waals surface area (Å²) in [4.78, 5) is 16.8. The fourth-order valence-electron chi connectivity index (χ4n) is 1.36. The fourth-order valence-corrected chi connectivity index (χ4v) is 2.44. The van der Waals surface area contributed by atoms with Crippen molar-refractivity contribution in [1.82, 2.24) is 15.6 Å². The van der Waals surface area contributed by atoms with Crippen molar-refractivity contribution in [3.63, 3.8) is 0 Å². The predicted octanol–water partition coefficient (Wildman–Crippen LogP) is 1.52. The number of aliphatic hydroxyl groups is 1. The van der Waals surface area contributed by atoms with Gasteiger partial charge in [-0.15, -0.1) is 11.3 Å². The Kier molecular flexibility index (Phi) is 6.07. The third kappa shape index (κ3) is 5.46. The van der Waals surface area contributed by atoms with Gasteiger partial charge in [0.25, 0.3) is 0 Å². The Balaban J connectivity index is 2.34. The van der Waals surface area contributed by atoms with E-state index in [0.29, 0.717) is 12.5 Å². The van der Waals surface area contributed by atoms with Crippen LogP contribution in [0.1, 0.15) is 30.7 Å². The number of carbonyl (C=O) groups is 1. The maximum absolute atomic E-state index is 11.4. The Morgan fingerprint density at radius 2 is 2.22 bits per heavy atom. The van der Waals surface area contributed by atoms with E-state index < -0.39 is 0 Å². The summed E-state index contributed by atoms with van der Waals surface area (Å²) in [6.07, 6.45) is 2.77. The topological polar surface area (TPSA) is 74.2 Å².